The van der Waals surface area contributed by atoms with Crippen LogP contribution in [0.3, 0.4) is 0 Å². The van der Waals surface area contributed by atoms with Crippen LogP contribution in [0.1, 0.15) is 11.5 Å². The predicted octanol–water partition coefficient (Wildman–Crippen LogP) is 2.21. The maximum atomic E-state index is 11.7. The highest BCUT2D eigenvalue weighted by atomic mass is 16.5. The third kappa shape index (κ3) is 4.53. The fraction of sp³-hybridized carbons (Fsp3) is 0.235. The summed E-state index contributed by atoms with van der Waals surface area (Å²) < 4.78 is 15.7. The summed E-state index contributed by atoms with van der Waals surface area (Å²) in [6.07, 6.45) is 1.99. The molecule has 0 saturated carbocycles. The Morgan fingerprint density at radius 3 is 2.83 bits per heavy atom. The van der Waals surface area contributed by atoms with Crippen LogP contribution in [0.15, 0.2) is 57.7 Å². The van der Waals surface area contributed by atoms with Gasteiger partial charge in [0, 0.05) is 13.0 Å². The van der Waals surface area contributed by atoms with Crippen LogP contribution in [0.4, 0.5) is 0 Å². The molecule has 0 aliphatic carbocycles. The maximum absolute atomic E-state index is 11.7. The Labute approximate surface area is 138 Å². The molecule has 1 N–H and O–H groups in total. The molecule has 3 aromatic rings. The Hall–Kier alpha value is -2.93. The first-order valence-electron chi connectivity index (χ1n) is 7.56. The van der Waals surface area contributed by atoms with Crippen molar-refractivity contribution in [2.45, 2.75) is 13.0 Å². The number of rotatable bonds is 8. The average molecular weight is 327 g/mol. The van der Waals surface area contributed by atoms with Crippen molar-refractivity contribution in [1.29, 1.82) is 0 Å². The van der Waals surface area contributed by atoms with Crippen molar-refractivity contribution >= 4 is 5.91 Å². The summed E-state index contributed by atoms with van der Waals surface area (Å²) in [5.74, 6) is 1.19. The van der Waals surface area contributed by atoms with Gasteiger partial charge in [-0.1, -0.05) is 35.5 Å². The van der Waals surface area contributed by atoms with Crippen molar-refractivity contribution in [3.63, 3.8) is 0 Å². The van der Waals surface area contributed by atoms with Gasteiger partial charge >= 0.3 is 0 Å². The van der Waals surface area contributed by atoms with Crippen LogP contribution in [-0.4, -0.2) is 29.2 Å². The summed E-state index contributed by atoms with van der Waals surface area (Å²) in [6.45, 7) is 0.814. The number of carbonyl (C=O) groups is 1. The van der Waals surface area contributed by atoms with Crippen molar-refractivity contribution in [3.05, 3.63) is 60.2 Å². The monoisotopic (exact) mass is 327 g/mol. The third-order valence-electron chi connectivity index (χ3n) is 3.22. The van der Waals surface area contributed by atoms with Crippen LogP contribution < -0.4 is 5.32 Å². The molecule has 0 bridgehead atoms. The van der Waals surface area contributed by atoms with Crippen LogP contribution in [0.2, 0.25) is 0 Å². The smallest absolute Gasteiger partial charge is 0.246 e. The lowest BCUT2D eigenvalue weighted by Crippen LogP contribution is -2.29. The zero-order chi connectivity index (χ0) is 16.6. The van der Waals surface area contributed by atoms with Crippen molar-refractivity contribution in [3.8, 4) is 11.6 Å². The van der Waals surface area contributed by atoms with Crippen LogP contribution in [0.25, 0.3) is 11.6 Å². The molecule has 0 radical (unpaired) electrons. The van der Waals surface area contributed by atoms with Gasteiger partial charge in [-0.3, -0.25) is 4.79 Å². The van der Waals surface area contributed by atoms with Gasteiger partial charge < -0.3 is 19.0 Å². The van der Waals surface area contributed by atoms with E-state index in [1.807, 2.05) is 30.3 Å². The van der Waals surface area contributed by atoms with E-state index in [1.54, 1.807) is 18.4 Å². The van der Waals surface area contributed by atoms with E-state index in [-0.39, 0.29) is 12.5 Å². The number of nitrogens with one attached hydrogen (secondary N) is 1. The molecule has 0 aliphatic heterocycles. The number of ether oxygens (including phenoxy) is 1. The summed E-state index contributed by atoms with van der Waals surface area (Å²) >= 11 is 0. The van der Waals surface area contributed by atoms with Gasteiger partial charge in [-0.2, -0.15) is 4.98 Å². The lowest BCUT2D eigenvalue weighted by Gasteiger charge is -2.05. The highest BCUT2D eigenvalue weighted by Gasteiger charge is 2.11. The molecular weight excluding hydrogens is 310 g/mol. The zero-order valence-electron chi connectivity index (χ0n) is 13.0. The molecular formula is C17H17N3O4. The first-order valence-corrected chi connectivity index (χ1v) is 7.56. The van der Waals surface area contributed by atoms with E-state index >= 15 is 0 Å². The molecule has 7 nitrogen and oxygen atoms in total. The van der Waals surface area contributed by atoms with Gasteiger partial charge in [0.25, 0.3) is 0 Å². The van der Waals surface area contributed by atoms with Crippen molar-refractivity contribution in [1.82, 2.24) is 15.5 Å². The number of hydrogen-bond donors (Lipinski definition) is 1. The fourth-order valence-electron chi connectivity index (χ4n) is 2.06. The summed E-state index contributed by atoms with van der Waals surface area (Å²) in [6, 6.07) is 13.2. The largest absolute Gasteiger partial charge is 0.461 e. The summed E-state index contributed by atoms with van der Waals surface area (Å²) in [5, 5.41) is 6.57. The average Bonchev–Trinajstić information content (AvgIpc) is 3.27. The van der Waals surface area contributed by atoms with Crippen LogP contribution >= 0.6 is 0 Å². The Morgan fingerprint density at radius 2 is 2.04 bits per heavy atom. The topological polar surface area (TPSA) is 90.4 Å². The minimum atomic E-state index is -0.184. The molecule has 0 spiro atoms. The first-order chi connectivity index (χ1) is 11.8. The van der Waals surface area contributed by atoms with Gasteiger partial charge in [-0.25, -0.2) is 0 Å². The zero-order valence-corrected chi connectivity index (χ0v) is 13.0. The van der Waals surface area contributed by atoms with Crippen molar-refractivity contribution < 1.29 is 18.5 Å². The quantitative estimate of drug-likeness (QED) is 0.682. The molecule has 24 heavy (non-hydrogen) atoms. The lowest BCUT2D eigenvalue weighted by atomic mass is 10.2. The second kappa shape index (κ2) is 8.07. The third-order valence-corrected chi connectivity index (χ3v) is 3.22. The van der Waals surface area contributed by atoms with Crippen LogP contribution in [-0.2, 0) is 22.6 Å². The van der Waals surface area contributed by atoms with E-state index in [0.29, 0.717) is 37.0 Å². The first kappa shape index (κ1) is 15.9. The number of nitrogens with zero attached hydrogens (tertiary/aromatic N) is 2. The molecule has 0 aliphatic rings. The molecule has 0 atom stereocenters. The number of amides is 1. The van der Waals surface area contributed by atoms with E-state index in [2.05, 4.69) is 15.5 Å². The van der Waals surface area contributed by atoms with E-state index in [1.165, 1.54) is 0 Å². The van der Waals surface area contributed by atoms with Crippen molar-refractivity contribution in [2.24, 2.45) is 0 Å². The molecule has 0 unspecified atom stereocenters. The highest BCUT2D eigenvalue weighted by molar-refractivity contribution is 5.77. The Morgan fingerprint density at radius 1 is 1.17 bits per heavy atom. The van der Waals surface area contributed by atoms with Gasteiger partial charge in [-0.15, -0.1) is 0 Å². The molecule has 2 heterocycles. The SMILES string of the molecule is O=C(COCc1ccccc1)NCCc1nc(-c2ccco2)no1. The number of aromatic nitrogens is 2. The van der Waals surface area contributed by atoms with Gasteiger partial charge in [0.05, 0.1) is 12.9 Å². The van der Waals surface area contributed by atoms with E-state index in [9.17, 15) is 4.79 Å². The molecule has 3 rings (SSSR count). The Bertz CT molecular complexity index is 753. The number of hydrogen-bond acceptors (Lipinski definition) is 6. The molecule has 1 amide bonds. The van der Waals surface area contributed by atoms with E-state index < -0.39 is 0 Å². The summed E-state index contributed by atoms with van der Waals surface area (Å²) in [4.78, 5) is 15.9. The van der Waals surface area contributed by atoms with Gasteiger partial charge in [0.1, 0.15) is 6.61 Å². The molecule has 1 aromatic carbocycles. The van der Waals surface area contributed by atoms with Crippen LogP contribution in [0.5, 0.6) is 0 Å². The lowest BCUT2D eigenvalue weighted by molar-refractivity contribution is -0.126. The molecule has 0 saturated heterocycles. The minimum Gasteiger partial charge on any atom is -0.461 e. The normalized spacial score (nSPS) is 10.7. The Kier molecular flexibility index (Phi) is 5.36. The summed E-state index contributed by atoms with van der Waals surface area (Å²) in [7, 11) is 0. The number of carbonyl (C=O) groups excluding carboxylic acids is 1. The molecule has 7 heteroatoms. The molecule has 124 valence electrons. The molecule has 2 aromatic heterocycles. The fourth-order valence-corrected chi connectivity index (χ4v) is 2.06. The van der Waals surface area contributed by atoms with E-state index in [0.717, 1.165) is 5.56 Å². The predicted molar refractivity (Wildman–Crippen MR) is 84.8 cm³/mol. The second-order valence-electron chi connectivity index (χ2n) is 5.07. The van der Waals surface area contributed by atoms with Crippen LogP contribution in [0, 0.1) is 0 Å². The van der Waals surface area contributed by atoms with Gasteiger partial charge in [-0.05, 0) is 17.7 Å². The second-order valence-corrected chi connectivity index (χ2v) is 5.07. The minimum absolute atomic E-state index is 0.0103. The molecule has 0 fully saturated rings. The highest BCUT2D eigenvalue weighted by Crippen LogP contribution is 2.15. The number of benzene rings is 1. The van der Waals surface area contributed by atoms with Crippen molar-refractivity contribution in [2.75, 3.05) is 13.2 Å². The summed E-state index contributed by atoms with van der Waals surface area (Å²) in [5.41, 5.74) is 1.03. The number of furan rings is 1. The Balaban J connectivity index is 1.35. The maximum Gasteiger partial charge on any atom is 0.246 e. The van der Waals surface area contributed by atoms with Gasteiger partial charge in [0.2, 0.25) is 17.6 Å². The van der Waals surface area contributed by atoms with E-state index in [4.69, 9.17) is 13.7 Å². The van der Waals surface area contributed by atoms with Gasteiger partial charge in [0.15, 0.2) is 5.76 Å². The standard InChI is InChI=1S/C17H17N3O4/c21-15(12-22-11-13-5-2-1-3-6-13)18-9-8-16-19-17(20-24-16)14-7-4-10-23-14/h1-7,10H,8-9,11-12H2,(H,18,21).